The van der Waals surface area contributed by atoms with Crippen LogP contribution in [0.25, 0.3) is 0 Å². The monoisotopic (exact) mass is 393 g/mol. The third-order valence-corrected chi connectivity index (χ3v) is 5.36. The fourth-order valence-corrected chi connectivity index (χ4v) is 3.70. The summed E-state index contributed by atoms with van der Waals surface area (Å²) in [7, 11) is 1.65. The molecule has 2 aromatic rings. The van der Waals surface area contributed by atoms with Crippen LogP contribution in [0.15, 0.2) is 42.6 Å². The molecule has 28 heavy (non-hydrogen) atoms. The number of halogens is 3. The highest BCUT2D eigenvalue weighted by Crippen LogP contribution is 2.29. The second-order valence-electron chi connectivity index (χ2n) is 7.32. The Morgan fingerprint density at radius 2 is 1.93 bits per heavy atom. The van der Waals surface area contributed by atoms with Gasteiger partial charge in [0, 0.05) is 25.3 Å². The van der Waals surface area contributed by atoms with Gasteiger partial charge in [0.1, 0.15) is 11.6 Å². The van der Waals surface area contributed by atoms with Crippen molar-refractivity contribution in [3.8, 4) is 5.75 Å². The minimum atomic E-state index is -4.36. The molecule has 1 aromatic heterocycles. The zero-order valence-electron chi connectivity index (χ0n) is 16.2. The minimum Gasteiger partial charge on any atom is -0.497 e. The molecule has 0 radical (unpaired) electrons. The van der Waals surface area contributed by atoms with Gasteiger partial charge in [-0.3, -0.25) is 4.90 Å². The lowest BCUT2D eigenvalue weighted by Crippen LogP contribution is -2.47. The Kier molecular flexibility index (Phi) is 6.44. The number of hydrogen-bond acceptors (Lipinski definition) is 4. The van der Waals surface area contributed by atoms with Crippen LogP contribution in [0.3, 0.4) is 0 Å². The molecule has 0 spiro atoms. The fourth-order valence-electron chi connectivity index (χ4n) is 3.70. The van der Waals surface area contributed by atoms with Crippen LogP contribution in [0.4, 0.5) is 19.0 Å². The number of rotatable bonds is 6. The fraction of sp³-hybridized carbons (Fsp3) is 0.476. The first kappa shape index (κ1) is 20.5. The molecule has 1 aromatic carbocycles. The number of benzene rings is 1. The number of anilines is 1. The lowest BCUT2D eigenvalue weighted by molar-refractivity contribution is -0.137. The van der Waals surface area contributed by atoms with Crippen LogP contribution in [0, 0.1) is 5.92 Å². The lowest BCUT2D eigenvalue weighted by Gasteiger charge is -2.40. The van der Waals surface area contributed by atoms with Crippen molar-refractivity contribution >= 4 is 5.82 Å². The number of pyridine rings is 1. The van der Waals surface area contributed by atoms with E-state index in [1.54, 1.807) is 7.11 Å². The van der Waals surface area contributed by atoms with E-state index in [9.17, 15) is 13.2 Å². The maximum absolute atomic E-state index is 12.7. The van der Waals surface area contributed by atoms with Gasteiger partial charge < -0.3 is 10.1 Å². The minimum absolute atomic E-state index is 0.292. The van der Waals surface area contributed by atoms with Gasteiger partial charge >= 0.3 is 6.18 Å². The Bertz CT molecular complexity index is 747. The molecule has 2 unspecified atom stereocenters. The van der Waals surface area contributed by atoms with E-state index in [0.29, 0.717) is 24.3 Å². The van der Waals surface area contributed by atoms with Gasteiger partial charge in [0.2, 0.25) is 0 Å². The Morgan fingerprint density at radius 1 is 1.18 bits per heavy atom. The number of hydrogen-bond donors (Lipinski definition) is 1. The highest BCUT2D eigenvalue weighted by Gasteiger charge is 2.31. The largest absolute Gasteiger partial charge is 0.497 e. The Labute approximate surface area is 163 Å². The van der Waals surface area contributed by atoms with E-state index in [1.165, 1.54) is 11.6 Å². The lowest BCUT2D eigenvalue weighted by atomic mass is 9.90. The molecule has 2 heterocycles. The van der Waals surface area contributed by atoms with E-state index in [4.69, 9.17) is 4.74 Å². The summed E-state index contributed by atoms with van der Waals surface area (Å²) < 4.78 is 43.2. The van der Waals surface area contributed by atoms with Crippen molar-refractivity contribution in [2.45, 2.75) is 38.5 Å². The molecule has 1 saturated heterocycles. The third-order valence-electron chi connectivity index (χ3n) is 5.36. The van der Waals surface area contributed by atoms with E-state index >= 15 is 0 Å². The maximum atomic E-state index is 12.7. The standard InChI is InChI=1S/C21H26F3N3O/c1-15-4-3-11-27(14-16-5-8-18(28-2)9-6-16)19(15)13-26-20-10-7-17(12-25-20)21(22,23)24/h5-10,12,15,19H,3-4,11,13-14H2,1-2H3,(H,25,26). The second-order valence-corrected chi connectivity index (χ2v) is 7.32. The predicted molar refractivity (Wildman–Crippen MR) is 103 cm³/mol. The van der Waals surface area contributed by atoms with Gasteiger partial charge in [-0.2, -0.15) is 13.2 Å². The van der Waals surface area contributed by atoms with Crippen molar-refractivity contribution in [1.82, 2.24) is 9.88 Å². The third kappa shape index (κ3) is 5.16. The molecule has 1 aliphatic rings. The molecule has 1 N–H and O–H groups in total. The number of aromatic nitrogens is 1. The molecule has 2 atom stereocenters. The van der Waals surface area contributed by atoms with Gasteiger partial charge in [-0.25, -0.2) is 4.98 Å². The number of nitrogens with zero attached hydrogens (tertiary/aromatic N) is 2. The number of nitrogens with one attached hydrogen (secondary N) is 1. The summed E-state index contributed by atoms with van der Waals surface area (Å²) in [6.45, 7) is 4.71. The molecule has 0 aliphatic carbocycles. The topological polar surface area (TPSA) is 37.4 Å². The Balaban J connectivity index is 1.63. The molecule has 4 nitrogen and oxygen atoms in total. The highest BCUT2D eigenvalue weighted by molar-refractivity contribution is 5.36. The molecule has 0 amide bonds. The average molecular weight is 393 g/mol. The average Bonchev–Trinajstić information content (AvgIpc) is 2.68. The summed E-state index contributed by atoms with van der Waals surface area (Å²) in [6.07, 6.45) is -1.20. The maximum Gasteiger partial charge on any atom is 0.417 e. The van der Waals surface area contributed by atoms with E-state index in [2.05, 4.69) is 34.3 Å². The van der Waals surface area contributed by atoms with Crippen LogP contribution in [0.1, 0.15) is 30.9 Å². The van der Waals surface area contributed by atoms with E-state index in [0.717, 1.165) is 43.9 Å². The van der Waals surface area contributed by atoms with E-state index in [-0.39, 0.29) is 0 Å². The van der Waals surface area contributed by atoms with Crippen LogP contribution in [0.2, 0.25) is 0 Å². The van der Waals surface area contributed by atoms with Gasteiger partial charge in [-0.05, 0) is 55.1 Å². The van der Waals surface area contributed by atoms with Crippen LogP contribution >= 0.6 is 0 Å². The van der Waals surface area contributed by atoms with Gasteiger partial charge in [0.15, 0.2) is 0 Å². The molecule has 0 saturated carbocycles. The van der Waals surface area contributed by atoms with Crippen molar-refractivity contribution in [2.75, 3.05) is 25.5 Å². The van der Waals surface area contributed by atoms with Gasteiger partial charge in [-0.1, -0.05) is 19.1 Å². The number of piperidine rings is 1. The van der Waals surface area contributed by atoms with Gasteiger partial charge in [0.25, 0.3) is 0 Å². The van der Waals surface area contributed by atoms with Crippen LogP contribution in [0.5, 0.6) is 5.75 Å². The SMILES string of the molecule is COc1ccc(CN2CCCC(C)C2CNc2ccc(C(F)(F)F)cn2)cc1. The molecule has 3 rings (SSSR count). The van der Waals surface area contributed by atoms with Crippen molar-refractivity contribution in [2.24, 2.45) is 5.92 Å². The molecule has 1 aliphatic heterocycles. The number of alkyl halides is 3. The number of methoxy groups -OCH3 is 1. The van der Waals surface area contributed by atoms with Crippen LogP contribution in [-0.4, -0.2) is 36.1 Å². The summed E-state index contributed by atoms with van der Waals surface area (Å²) in [4.78, 5) is 6.36. The van der Waals surface area contributed by atoms with Gasteiger partial charge in [-0.15, -0.1) is 0 Å². The molecule has 1 fully saturated rings. The molecular formula is C21H26F3N3O. The zero-order valence-corrected chi connectivity index (χ0v) is 16.2. The summed E-state index contributed by atoms with van der Waals surface area (Å²) >= 11 is 0. The highest BCUT2D eigenvalue weighted by atomic mass is 19.4. The normalized spacial score (nSPS) is 20.8. The first-order valence-electron chi connectivity index (χ1n) is 9.51. The van der Waals surface area contributed by atoms with Gasteiger partial charge in [0.05, 0.1) is 12.7 Å². The number of ether oxygens (including phenoxy) is 1. The van der Waals surface area contributed by atoms with Crippen LogP contribution < -0.4 is 10.1 Å². The van der Waals surface area contributed by atoms with Crippen molar-refractivity contribution in [1.29, 1.82) is 0 Å². The first-order valence-corrected chi connectivity index (χ1v) is 9.51. The van der Waals surface area contributed by atoms with Crippen molar-refractivity contribution in [3.63, 3.8) is 0 Å². The van der Waals surface area contributed by atoms with Crippen LogP contribution in [-0.2, 0) is 12.7 Å². The zero-order chi connectivity index (χ0) is 20.1. The van der Waals surface area contributed by atoms with E-state index in [1.807, 2.05) is 12.1 Å². The molecular weight excluding hydrogens is 367 g/mol. The predicted octanol–water partition coefficient (Wildman–Crippen LogP) is 4.82. The molecule has 152 valence electrons. The summed E-state index contributed by atoms with van der Waals surface area (Å²) in [5, 5.41) is 3.22. The Hall–Kier alpha value is -2.28. The quantitative estimate of drug-likeness (QED) is 0.763. The Morgan fingerprint density at radius 3 is 2.54 bits per heavy atom. The second kappa shape index (κ2) is 8.82. The molecule has 7 heteroatoms. The summed E-state index contributed by atoms with van der Waals surface area (Å²) in [6, 6.07) is 10.8. The summed E-state index contributed by atoms with van der Waals surface area (Å²) in [5.41, 5.74) is 0.484. The molecule has 0 bridgehead atoms. The van der Waals surface area contributed by atoms with E-state index < -0.39 is 11.7 Å². The first-order chi connectivity index (χ1) is 13.4. The van der Waals surface area contributed by atoms with Crippen molar-refractivity contribution in [3.05, 3.63) is 53.7 Å². The van der Waals surface area contributed by atoms with Crippen molar-refractivity contribution < 1.29 is 17.9 Å². The number of likely N-dealkylation sites (tertiary alicyclic amines) is 1. The summed E-state index contributed by atoms with van der Waals surface area (Å²) in [5.74, 6) is 1.80. The smallest absolute Gasteiger partial charge is 0.417 e.